The summed E-state index contributed by atoms with van der Waals surface area (Å²) in [4.78, 5) is 0.610. The van der Waals surface area contributed by atoms with Crippen LogP contribution in [0.15, 0.2) is 56.7 Å². The van der Waals surface area contributed by atoms with E-state index in [0.29, 0.717) is 22.6 Å². The number of aryl methyl sites for hydroxylation is 1. The van der Waals surface area contributed by atoms with E-state index in [1.807, 2.05) is 19.1 Å². The molecule has 5 rings (SSSR count). The number of rotatable bonds is 2. The lowest BCUT2D eigenvalue weighted by molar-refractivity contribution is 0.441. The fourth-order valence-corrected chi connectivity index (χ4v) is 5.58. The number of hydrogen-bond donors (Lipinski definition) is 1. The van der Waals surface area contributed by atoms with Gasteiger partial charge < -0.3 is 9.73 Å². The molecule has 0 spiro atoms. The lowest BCUT2D eigenvalue weighted by Crippen LogP contribution is -2.30. The van der Waals surface area contributed by atoms with E-state index in [1.54, 1.807) is 30.3 Å². The zero-order chi connectivity index (χ0) is 17.2. The lowest BCUT2D eigenvalue weighted by atomic mass is 9.99. The Morgan fingerprint density at radius 1 is 1.08 bits per heavy atom. The molecule has 6 heteroatoms. The third-order valence-electron chi connectivity index (χ3n) is 5.41. The van der Waals surface area contributed by atoms with Gasteiger partial charge in [0.1, 0.15) is 11.3 Å². The predicted molar refractivity (Wildman–Crippen MR) is 103 cm³/mol. The summed E-state index contributed by atoms with van der Waals surface area (Å²) in [5.41, 5.74) is 2.83. The molecule has 26 heavy (non-hydrogen) atoms. The number of sulfone groups is 1. The zero-order valence-electron chi connectivity index (χ0n) is 14.4. The van der Waals surface area contributed by atoms with Crippen molar-refractivity contribution < 1.29 is 12.8 Å². The summed E-state index contributed by atoms with van der Waals surface area (Å²) in [5, 5.41) is 4.66. The van der Waals surface area contributed by atoms with Crippen LogP contribution in [0.1, 0.15) is 35.8 Å². The minimum atomic E-state index is -3.54. The molecular weight excluding hydrogens is 370 g/mol. The highest BCUT2D eigenvalue weighted by Crippen LogP contribution is 2.42. The van der Waals surface area contributed by atoms with Gasteiger partial charge in [0.2, 0.25) is 9.84 Å². The van der Waals surface area contributed by atoms with E-state index in [0.717, 1.165) is 29.6 Å². The maximum Gasteiger partial charge on any atom is 0.206 e. The third kappa shape index (κ3) is 2.57. The molecule has 1 saturated heterocycles. The Balaban J connectivity index is 0.00000168. The third-order valence-corrected chi connectivity index (χ3v) is 7.16. The van der Waals surface area contributed by atoms with Crippen LogP contribution in [0.3, 0.4) is 0 Å². The van der Waals surface area contributed by atoms with Crippen molar-refractivity contribution >= 4 is 33.2 Å². The van der Waals surface area contributed by atoms with Crippen molar-refractivity contribution in [1.82, 2.24) is 5.32 Å². The number of halogens is 1. The summed E-state index contributed by atoms with van der Waals surface area (Å²) in [6, 6.07) is 13.1. The van der Waals surface area contributed by atoms with Crippen molar-refractivity contribution in [3.63, 3.8) is 0 Å². The van der Waals surface area contributed by atoms with Crippen LogP contribution in [0.2, 0.25) is 0 Å². The van der Waals surface area contributed by atoms with Crippen LogP contribution in [0.25, 0.3) is 11.0 Å². The molecule has 3 heterocycles. The van der Waals surface area contributed by atoms with Crippen LogP contribution in [0.5, 0.6) is 0 Å². The molecule has 2 aliphatic rings. The van der Waals surface area contributed by atoms with Gasteiger partial charge in [0.05, 0.1) is 9.79 Å². The fraction of sp³-hybridized carbons (Fsp3) is 0.300. The average Bonchev–Trinajstić information content (AvgIpc) is 3.15. The van der Waals surface area contributed by atoms with Gasteiger partial charge in [-0.05, 0) is 49.6 Å². The van der Waals surface area contributed by atoms with Gasteiger partial charge in [-0.3, -0.25) is 0 Å². The number of benzene rings is 2. The molecule has 0 saturated carbocycles. The molecule has 2 aliphatic heterocycles. The van der Waals surface area contributed by atoms with E-state index in [1.165, 1.54) is 12.0 Å². The first-order chi connectivity index (χ1) is 12.0. The van der Waals surface area contributed by atoms with E-state index < -0.39 is 9.84 Å². The van der Waals surface area contributed by atoms with Gasteiger partial charge in [0, 0.05) is 35.5 Å². The van der Waals surface area contributed by atoms with Gasteiger partial charge in [-0.2, -0.15) is 0 Å². The van der Waals surface area contributed by atoms with Crippen LogP contribution in [0.4, 0.5) is 0 Å². The molecule has 2 atom stereocenters. The highest BCUT2D eigenvalue weighted by Gasteiger charge is 2.36. The second-order valence-electron chi connectivity index (χ2n) is 7.11. The number of fused-ring (bicyclic) bond motifs is 6. The molecule has 0 radical (unpaired) electrons. The van der Waals surface area contributed by atoms with Gasteiger partial charge in [0.15, 0.2) is 0 Å². The van der Waals surface area contributed by atoms with E-state index >= 15 is 0 Å². The second-order valence-corrected chi connectivity index (χ2v) is 9.06. The first-order valence-electron chi connectivity index (χ1n) is 8.65. The molecule has 1 fully saturated rings. The molecule has 1 aromatic heterocycles. The molecule has 2 bridgehead atoms. The lowest BCUT2D eigenvalue weighted by Gasteiger charge is -2.20. The van der Waals surface area contributed by atoms with E-state index in [9.17, 15) is 8.42 Å². The summed E-state index contributed by atoms with van der Waals surface area (Å²) < 4.78 is 32.0. The number of nitrogens with one attached hydrogen (secondary N) is 1. The van der Waals surface area contributed by atoms with Crippen molar-refractivity contribution in [3.05, 3.63) is 59.4 Å². The van der Waals surface area contributed by atoms with Crippen molar-refractivity contribution in [3.8, 4) is 0 Å². The van der Waals surface area contributed by atoms with Crippen LogP contribution < -0.4 is 5.32 Å². The average molecular weight is 390 g/mol. The van der Waals surface area contributed by atoms with E-state index in [-0.39, 0.29) is 17.3 Å². The highest BCUT2D eigenvalue weighted by molar-refractivity contribution is 7.91. The minimum absolute atomic E-state index is 0. The Morgan fingerprint density at radius 3 is 2.69 bits per heavy atom. The topological polar surface area (TPSA) is 59.3 Å². The summed E-state index contributed by atoms with van der Waals surface area (Å²) in [6.07, 6.45) is 3.19. The smallest absolute Gasteiger partial charge is 0.206 e. The van der Waals surface area contributed by atoms with Crippen LogP contribution in [0, 0.1) is 6.92 Å². The summed E-state index contributed by atoms with van der Waals surface area (Å²) in [7, 11) is -3.54. The summed E-state index contributed by atoms with van der Waals surface area (Å²) >= 11 is 0. The van der Waals surface area contributed by atoms with Crippen molar-refractivity contribution in [2.24, 2.45) is 0 Å². The van der Waals surface area contributed by atoms with E-state index in [4.69, 9.17) is 4.42 Å². The zero-order valence-corrected chi connectivity index (χ0v) is 16.0. The van der Waals surface area contributed by atoms with E-state index in [2.05, 4.69) is 5.32 Å². The minimum Gasteiger partial charge on any atom is -0.461 e. The van der Waals surface area contributed by atoms with Crippen LogP contribution >= 0.6 is 12.4 Å². The molecule has 136 valence electrons. The first kappa shape index (κ1) is 17.6. The van der Waals surface area contributed by atoms with Gasteiger partial charge in [0.25, 0.3) is 0 Å². The Hall–Kier alpha value is -1.82. The fourth-order valence-electron chi connectivity index (χ4n) is 4.20. The Bertz CT molecular complexity index is 1100. The normalized spacial score (nSPS) is 21.4. The van der Waals surface area contributed by atoms with Gasteiger partial charge in [-0.25, -0.2) is 8.42 Å². The van der Waals surface area contributed by atoms with Gasteiger partial charge in [-0.1, -0.05) is 12.1 Å². The number of furan rings is 1. The highest BCUT2D eigenvalue weighted by atomic mass is 35.5. The van der Waals surface area contributed by atoms with Crippen molar-refractivity contribution in [2.45, 2.75) is 48.1 Å². The maximum atomic E-state index is 12.9. The SMILES string of the molecule is Cc1cccc(S(=O)(=O)c2ccc3c4c(oc3c2)CC2CCC4N2)c1.Cl. The monoisotopic (exact) mass is 389 g/mol. The van der Waals surface area contributed by atoms with Crippen LogP contribution in [-0.2, 0) is 16.3 Å². The molecule has 1 N–H and O–H groups in total. The van der Waals surface area contributed by atoms with Crippen LogP contribution in [-0.4, -0.2) is 14.5 Å². The predicted octanol–water partition coefficient (Wildman–Crippen LogP) is 4.35. The summed E-state index contributed by atoms with van der Waals surface area (Å²) in [6.45, 7) is 1.89. The Labute approximate surface area is 158 Å². The molecule has 2 aromatic carbocycles. The number of hydrogen-bond acceptors (Lipinski definition) is 4. The Kier molecular flexibility index (Phi) is 4.14. The molecule has 0 aliphatic carbocycles. The Morgan fingerprint density at radius 2 is 1.88 bits per heavy atom. The van der Waals surface area contributed by atoms with Crippen molar-refractivity contribution in [1.29, 1.82) is 0 Å². The maximum absolute atomic E-state index is 12.9. The second kappa shape index (κ2) is 6.12. The summed E-state index contributed by atoms with van der Waals surface area (Å²) in [5.74, 6) is 1.02. The van der Waals surface area contributed by atoms with Gasteiger partial charge in [-0.15, -0.1) is 12.4 Å². The molecule has 4 nitrogen and oxygen atoms in total. The van der Waals surface area contributed by atoms with Gasteiger partial charge >= 0.3 is 0 Å². The molecule has 2 unspecified atom stereocenters. The largest absolute Gasteiger partial charge is 0.461 e. The molecular formula is C20H20ClNO3S. The quantitative estimate of drug-likeness (QED) is 0.708. The standard InChI is InChI=1S/C20H19NO3S.ClH/c1-12-3-2-4-14(9-12)25(22,23)15-6-7-16-18(11-15)24-19-10-13-5-8-17(21-13)20(16)19;/h2-4,6-7,9,11,13,17,21H,5,8,10H2,1H3;1H. The van der Waals surface area contributed by atoms with Crippen molar-refractivity contribution in [2.75, 3.05) is 0 Å². The first-order valence-corrected chi connectivity index (χ1v) is 10.1. The molecule has 0 amide bonds. The molecule has 3 aromatic rings.